The van der Waals surface area contributed by atoms with Gasteiger partial charge in [0.1, 0.15) is 0 Å². The third-order valence-electron chi connectivity index (χ3n) is 3.84. The van der Waals surface area contributed by atoms with Crippen molar-refractivity contribution >= 4 is 11.7 Å². The van der Waals surface area contributed by atoms with Crippen molar-refractivity contribution < 1.29 is 28.3 Å². The van der Waals surface area contributed by atoms with Crippen LogP contribution in [0.2, 0.25) is 0 Å². The topological polar surface area (TPSA) is 127 Å². The number of esters is 1. The van der Waals surface area contributed by atoms with E-state index in [-0.39, 0.29) is 24.1 Å². The number of methoxy groups -OCH3 is 1. The minimum atomic E-state index is -0.803. The maximum absolute atomic E-state index is 12.0. The predicted octanol–water partition coefficient (Wildman–Crippen LogP) is 3.34. The van der Waals surface area contributed by atoms with Crippen LogP contribution < -0.4 is 9.47 Å². The molecular weight excluding hydrogens is 382 g/mol. The number of rotatable bonds is 8. The summed E-state index contributed by atoms with van der Waals surface area (Å²) in [4.78, 5) is 22.2. The molecule has 150 valence electrons. The SMILES string of the molecule is COc1ccccc1OCC(=O)OC(C)c1nnc(-c2ccc([N+](=O)[O-])cc2)o1. The van der Waals surface area contributed by atoms with Gasteiger partial charge in [0.15, 0.2) is 24.2 Å². The number of non-ortho nitro benzene ring substituents is 1. The fraction of sp³-hybridized carbons (Fsp3) is 0.211. The van der Waals surface area contributed by atoms with Gasteiger partial charge in [-0.25, -0.2) is 4.79 Å². The van der Waals surface area contributed by atoms with Crippen LogP contribution in [0.4, 0.5) is 5.69 Å². The summed E-state index contributed by atoms with van der Waals surface area (Å²) in [7, 11) is 1.50. The van der Waals surface area contributed by atoms with Gasteiger partial charge in [-0.05, 0) is 31.2 Å². The fourth-order valence-electron chi connectivity index (χ4n) is 2.40. The molecule has 0 aliphatic heterocycles. The third kappa shape index (κ3) is 4.86. The highest BCUT2D eigenvalue weighted by Gasteiger charge is 2.20. The Hall–Kier alpha value is -3.95. The molecule has 0 saturated heterocycles. The molecule has 0 aliphatic carbocycles. The molecule has 0 N–H and O–H groups in total. The van der Waals surface area contributed by atoms with Gasteiger partial charge < -0.3 is 18.6 Å². The number of hydrogen-bond donors (Lipinski definition) is 0. The van der Waals surface area contributed by atoms with E-state index < -0.39 is 17.0 Å². The molecule has 0 fully saturated rings. The molecular formula is C19H17N3O7. The normalized spacial score (nSPS) is 11.5. The molecule has 0 radical (unpaired) electrons. The average molecular weight is 399 g/mol. The lowest BCUT2D eigenvalue weighted by Crippen LogP contribution is -2.17. The molecule has 1 heterocycles. The van der Waals surface area contributed by atoms with Gasteiger partial charge in [0.05, 0.1) is 12.0 Å². The first-order valence-electron chi connectivity index (χ1n) is 8.51. The second-order valence-corrected chi connectivity index (χ2v) is 5.82. The number of nitro groups is 1. The maximum Gasteiger partial charge on any atom is 0.344 e. The standard InChI is InChI=1S/C19H17N3O7/c1-12(28-17(23)11-27-16-6-4-3-5-15(16)26-2)18-20-21-19(29-18)13-7-9-14(10-8-13)22(24)25/h3-10,12H,11H2,1-2H3. The molecule has 0 amide bonds. The summed E-state index contributed by atoms with van der Waals surface area (Å²) in [5, 5.41) is 18.5. The lowest BCUT2D eigenvalue weighted by atomic mass is 10.2. The number of benzene rings is 2. The Morgan fingerprint density at radius 2 is 1.83 bits per heavy atom. The van der Waals surface area contributed by atoms with E-state index in [1.165, 1.54) is 31.4 Å². The Kier molecular flexibility index (Phi) is 6.03. The number of hydrogen-bond acceptors (Lipinski definition) is 9. The smallest absolute Gasteiger partial charge is 0.344 e. The zero-order valence-corrected chi connectivity index (χ0v) is 15.6. The van der Waals surface area contributed by atoms with Crippen molar-refractivity contribution in [3.05, 3.63) is 64.5 Å². The van der Waals surface area contributed by atoms with E-state index in [4.69, 9.17) is 18.6 Å². The summed E-state index contributed by atoms with van der Waals surface area (Å²) in [6.45, 7) is 1.25. The molecule has 3 rings (SSSR count). The molecule has 0 aliphatic rings. The highest BCUT2D eigenvalue weighted by Crippen LogP contribution is 2.26. The van der Waals surface area contributed by atoms with Crippen molar-refractivity contribution in [2.75, 3.05) is 13.7 Å². The molecule has 2 aromatic carbocycles. The monoisotopic (exact) mass is 399 g/mol. The van der Waals surface area contributed by atoms with Crippen LogP contribution >= 0.6 is 0 Å². The summed E-state index contributed by atoms with van der Waals surface area (Å²) in [5.74, 6) is 0.529. The van der Waals surface area contributed by atoms with Gasteiger partial charge in [0.2, 0.25) is 5.89 Å². The van der Waals surface area contributed by atoms with Crippen molar-refractivity contribution in [1.82, 2.24) is 10.2 Å². The molecule has 3 aromatic rings. The van der Waals surface area contributed by atoms with E-state index in [1.807, 2.05) is 0 Å². The van der Waals surface area contributed by atoms with E-state index in [1.54, 1.807) is 31.2 Å². The van der Waals surface area contributed by atoms with Crippen LogP contribution in [0.25, 0.3) is 11.5 Å². The summed E-state index contributed by atoms with van der Waals surface area (Å²) in [5.41, 5.74) is 0.457. The van der Waals surface area contributed by atoms with Gasteiger partial charge in [-0.15, -0.1) is 10.2 Å². The van der Waals surface area contributed by atoms with Crippen LogP contribution in [0.3, 0.4) is 0 Å². The van der Waals surface area contributed by atoms with Crippen molar-refractivity contribution in [2.45, 2.75) is 13.0 Å². The van der Waals surface area contributed by atoms with E-state index in [0.29, 0.717) is 17.1 Å². The van der Waals surface area contributed by atoms with Crippen molar-refractivity contribution in [1.29, 1.82) is 0 Å². The van der Waals surface area contributed by atoms with Crippen LogP contribution in [-0.2, 0) is 9.53 Å². The summed E-state index contributed by atoms with van der Waals surface area (Å²) in [6.07, 6.45) is -0.803. The van der Waals surface area contributed by atoms with Crippen molar-refractivity contribution in [3.63, 3.8) is 0 Å². The number of carbonyl (C=O) groups is 1. The van der Waals surface area contributed by atoms with E-state index in [0.717, 1.165) is 0 Å². The fourth-order valence-corrected chi connectivity index (χ4v) is 2.40. The Morgan fingerprint density at radius 1 is 1.14 bits per heavy atom. The summed E-state index contributed by atoms with van der Waals surface area (Å²) in [6, 6.07) is 12.6. The molecule has 1 atom stereocenters. The molecule has 1 unspecified atom stereocenters. The molecule has 0 saturated carbocycles. The first-order valence-corrected chi connectivity index (χ1v) is 8.51. The largest absolute Gasteiger partial charge is 0.493 e. The number of ether oxygens (including phenoxy) is 3. The van der Waals surface area contributed by atoms with Crippen LogP contribution in [0, 0.1) is 10.1 Å². The van der Waals surface area contributed by atoms with Gasteiger partial charge in [0.25, 0.3) is 11.6 Å². The molecule has 1 aromatic heterocycles. The summed E-state index contributed by atoms with van der Waals surface area (Å²) < 4.78 is 21.3. The van der Waals surface area contributed by atoms with Gasteiger partial charge in [0, 0.05) is 17.7 Å². The Morgan fingerprint density at radius 3 is 2.48 bits per heavy atom. The third-order valence-corrected chi connectivity index (χ3v) is 3.84. The second-order valence-electron chi connectivity index (χ2n) is 5.82. The zero-order valence-electron chi connectivity index (χ0n) is 15.6. The Bertz CT molecular complexity index is 1000. The highest BCUT2D eigenvalue weighted by atomic mass is 16.6. The van der Waals surface area contributed by atoms with Gasteiger partial charge in [-0.3, -0.25) is 10.1 Å². The quantitative estimate of drug-likeness (QED) is 0.318. The maximum atomic E-state index is 12.0. The highest BCUT2D eigenvalue weighted by molar-refractivity contribution is 5.71. The van der Waals surface area contributed by atoms with Gasteiger partial charge in [-0.1, -0.05) is 12.1 Å². The Labute approximate surface area is 165 Å². The minimum Gasteiger partial charge on any atom is -0.493 e. The number of para-hydroxylation sites is 2. The average Bonchev–Trinajstić information content (AvgIpc) is 3.23. The first-order chi connectivity index (χ1) is 14.0. The first kappa shape index (κ1) is 19.8. The predicted molar refractivity (Wildman–Crippen MR) is 99.4 cm³/mol. The summed E-state index contributed by atoms with van der Waals surface area (Å²) >= 11 is 0. The number of nitro benzene ring substituents is 1. The van der Waals surface area contributed by atoms with Gasteiger partial charge >= 0.3 is 5.97 Å². The molecule has 10 heteroatoms. The molecule has 0 spiro atoms. The van der Waals surface area contributed by atoms with Crippen LogP contribution in [0.1, 0.15) is 18.9 Å². The van der Waals surface area contributed by atoms with E-state index >= 15 is 0 Å². The van der Waals surface area contributed by atoms with Crippen molar-refractivity contribution in [3.8, 4) is 23.0 Å². The van der Waals surface area contributed by atoms with E-state index in [2.05, 4.69) is 10.2 Å². The number of carbonyl (C=O) groups excluding carboxylic acids is 1. The van der Waals surface area contributed by atoms with Gasteiger partial charge in [-0.2, -0.15) is 0 Å². The van der Waals surface area contributed by atoms with Crippen molar-refractivity contribution in [2.24, 2.45) is 0 Å². The molecule has 10 nitrogen and oxygen atoms in total. The zero-order chi connectivity index (χ0) is 20.8. The van der Waals surface area contributed by atoms with Crippen LogP contribution in [0.5, 0.6) is 11.5 Å². The number of nitrogens with zero attached hydrogens (tertiary/aromatic N) is 3. The van der Waals surface area contributed by atoms with Crippen LogP contribution in [-0.4, -0.2) is 34.8 Å². The minimum absolute atomic E-state index is 0.0502. The lowest BCUT2D eigenvalue weighted by Gasteiger charge is -2.12. The lowest BCUT2D eigenvalue weighted by molar-refractivity contribution is -0.384. The van der Waals surface area contributed by atoms with E-state index in [9.17, 15) is 14.9 Å². The second kappa shape index (κ2) is 8.83. The Balaban J connectivity index is 1.58. The molecule has 29 heavy (non-hydrogen) atoms. The number of aromatic nitrogens is 2. The van der Waals surface area contributed by atoms with Crippen LogP contribution in [0.15, 0.2) is 52.9 Å². The molecule has 0 bridgehead atoms.